The van der Waals surface area contributed by atoms with E-state index in [2.05, 4.69) is 0 Å². The molecule has 0 aliphatic rings. The van der Waals surface area contributed by atoms with Crippen molar-refractivity contribution in [3.8, 4) is 0 Å². The predicted octanol–water partition coefficient (Wildman–Crippen LogP) is 2.52. The first-order chi connectivity index (χ1) is 7.75. The van der Waals surface area contributed by atoms with E-state index in [1.54, 1.807) is 27.7 Å². The number of halogens is 1. The molecule has 0 aliphatic carbocycles. The molecule has 0 bridgehead atoms. The van der Waals surface area contributed by atoms with Gasteiger partial charge in [0.2, 0.25) is 10.0 Å². The second-order valence-electron chi connectivity index (χ2n) is 3.39. The average molecular weight is 324 g/mol. The van der Waals surface area contributed by atoms with E-state index in [-0.39, 0.29) is 19.3 Å². The first-order valence-corrected chi connectivity index (χ1v) is 9.96. The minimum Gasteiger partial charge on any atom is -0.317 e. The molecule has 0 radical (unpaired) electrons. The highest BCUT2D eigenvalue weighted by Gasteiger charge is 2.39. The maximum absolute atomic E-state index is 11.9. The van der Waals surface area contributed by atoms with E-state index in [0.717, 1.165) is 4.08 Å². The third kappa shape index (κ3) is 4.74. The van der Waals surface area contributed by atoms with Crippen molar-refractivity contribution in [3.63, 3.8) is 0 Å². The van der Waals surface area contributed by atoms with Gasteiger partial charge in [-0.3, -0.25) is 0 Å². The predicted molar refractivity (Wildman–Crippen MR) is 74.2 cm³/mol. The van der Waals surface area contributed by atoms with Crippen LogP contribution in [0.2, 0.25) is 0 Å². The molecule has 0 saturated heterocycles. The first kappa shape index (κ1) is 17.8. The Morgan fingerprint density at radius 2 is 1.71 bits per heavy atom. The lowest BCUT2D eigenvalue weighted by Crippen LogP contribution is -2.36. The van der Waals surface area contributed by atoms with Gasteiger partial charge in [0.05, 0.1) is 13.2 Å². The Bertz CT molecular complexity index is 364. The normalized spacial score (nSPS) is 13.6. The molecule has 5 nitrogen and oxygen atoms in total. The third-order valence-corrected chi connectivity index (χ3v) is 8.76. The number of alkyl halides is 1. The van der Waals surface area contributed by atoms with Crippen LogP contribution in [0.4, 0.5) is 0 Å². The highest BCUT2D eigenvalue weighted by atomic mass is 35.5. The third-order valence-electron chi connectivity index (χ3n) is 1.69. The molecule has 0 aliphatic heterocycles. The van der Waals surface area contributed by atoms with E-state index in [9.17, 15) is 8.42 Å². The summed E-state index contributed by atoms with van der Waals surface area (Å²) in [5.41, 5.74) is 0. The summed E-state index contributed by atoms with van der Waals surface area (Å²) < 4.78 is 35.7. The van der Waals surface area contributed by atoms with Crippen molar-refractivity contribution in [2.75, 3.05) is 18.4 Å². The monoisotopic (exact) mass is 323 g/mol. The Balaban J connectivity index is 5.49. The highest BCUT2D eigenvalue weighted by molar-refractivity contribution is 8.13. The molecule has 0 atom stereocenters. The lowest BCUT2D eigenvalue weighted by Gasteiger charge is -2.34. The molecule has 0 aromatic rings. The Kier molecular flexibility index (Phi) is 7.72. The van der Waals surface area contributed by atoms with Gasteiger partial charge in [0.1, 0.15) is 5.21 Å². The Morgan fingerprint density at radius 3 is 1.94 bits per heavy atom. The molecule has 17 heavy (non-hydrogen) atoms. The summed E-state index contributed by atoms with van der Waals surface area (Å²) >= 11 is 10.7. The summed E-state index contributed by atoms with van der Waals surface area (Å²) in [5, 5.41) is -0.538. The van der Waals surface area contributed by atoms with Gasteiger partial charge in [-0.25, -0.2) is 8.42 Å². The molecule has 0 unspecified atom stereocenters. The smallest absolute Gasteiger partial charge is 0.277 e. The number of rotatable bonds is 8. The van der Waals surface area contributed by atoms with Crippen LogP contribution in [-0.4, -0.2) is 37.0 Å². The number of hydrogen-bond acceptors (Lipinski definition) is 5. The van der Waals surface area contributed by atoms with Crippen molar-refractivity contribution in [1.82, 2.24) is 4.08 Å². The quantitative estimate of drug-likeness (QED) is 0.507. The van der Waals surface area contributed by atoms with Gasteiger partial charge in [-0.2, -0.15) is 0 Å². The first-order valence-electron chi connectivity index (χ1n) is 5.22. The van der Waals surface area contributed by atoms with Crippen LogP contribution in [0.25, 0.3) is 0 Å². The summed E-state index contributed by atoms with van der Waals surface area (Å²) in [6, 6.07) is -0.359. The molecular formula is C8H19ClNO4PS2. The van der Waals surface area contributed by atoms with Crippen LogP contribution >= 0.6 is 18.2 Å². The van der Waals surface area contributed by atoms with Gasteiger partial charge in [0.15, 0.2) is 0 Å². The molecule has 9 heteroatoms. The van der Waals surface area contributed by atoms with Crippen LogP contribution in [0.3, 0.4) is 0 Å². The van der Waals surface area contributed by atoms with Gasteiger partial charge in [0.25, 0.3) is 6.64 Å². The zero-order valence-electron chi connectivity index (χ0n) is 10.4. The minimum absolute atomic E-state index is 0.290. The van der Waals surface area contributed by atoms with Crippen molar-refractivity contribution >= 4 is 40.1 Å². The standard InChI is InChI=1S/C8H19ClNO4PS2/c1-5-13-15(16,14-6-2)10(8(3)4)17(11,12)7-9/h8H,5-7H2,1-4H3. The van der Waals surface area contributed by atoms with E-state index in [4.69, 9.17) is 32.5 Å². The lowest BCUT2D eigenvalue weighted by molar-refractivity contribution is 0.232. The van der Waals surface area contributed by atoms with Crippen LogP contribution in [0.15, 0.2) is 0 Å². The van der Waals surface area contributed by atoms with Gasteiger partial charge in [0, 0.05) is 6.04 Å². The van der Waals surface area contributed by atoms with Crippen molar-refractivity contribution in [2.45, 2.75) is 33.7 Å². The van der Waals surface area contributed by atoms with E-state index in [1.165, 1.54) is 0 Å². The highest BCUT2D eigenvalue weighted by Crippen LogP contribution is 2.55. The average Bonchev–Trinajstić information content (AvgIpc) is 2.16. The van der Waals surface area contributed by atoms with Crippen molar-refractivity contribution in [2.24, 2.45) is 0 Å². The lowest BCUT2D eigenvalue weighted by atomic mass is 10.4. The van der Waals surface area contributed by atoms with Crippen LogP contribution < -0.4 is 0 Å². The van der Waals surface area contributed by atoms with Gasteiger partial charge >= 0.3 is 0 Å². The van der Waals surface area contributed by atoms with Gasteiger partial charge in [-0.15, -0.1) is 15.7 Å². The van der Waals surface area contributed by atoms with Crippen LogP contribution in [-0.2, 0) is 30.9 Å². The summed E-state index contributed by atoms with van der Waals surface area (Å²) in [4.78, 5) is 0. The maximum atomic E-state index is 11.9. The molecule has 0 amide bonds. The molecule has 104 valence electrons. The summed E-state index contributed by atoms with van der Waals surface area (Å²) in [5.74, 6) is 0. The zero-order valence-corrected chi connectivity index (χ0v) is 13.7. The molecule has 0 aromatic carbocycles. The second-order valence-corrected chi connectivity index (χ2v) is 9.36. The van der Waals surface area contributed by atoms with Crippen molar-refractivity contribution in [1.29, 1.82) is 0 Å². The molecule has 0 spiro atoms. The van der Waals surface area contributed by atoms with Gasteiger partial charge in [-0.1, -0.05) is 0 Å². The molecule has 0 heterocycles. The second kappa shape index (κ2) is 7.38. The molecule has 0 rings (SSSR count). The maximum Gasteiger partial charge on any atom is 0.277 e. The SMILES string of the molecule is CCOP(=S)(OCC)N(C(C)C)S(=O)(=O)CCl. The zero-order chi connectivity index (χ0) is 13.7. The molecule has 0 fully saturated rings. The van der Waals surface area contributed by atoms with Crippen LogP contribution in [0.5, 0.6) is 0 Å². The topological polar surface area (TPSA) is 55.8 Å². The largest absolute Gasteiger partial charge is 0.317 e. The Hall–Kier alpha value is 0.770. The molecule has 0 aromatic heterocycles. The van der Waals surface area contributed by atoms with E-state index < -0.39 is 21.9 Å². The van der Waals surface area contributed by atoms with Crippen molar-refractivity contribution in [3.05, 3.63) is 0 Å². The number of hydrogen-bond donors (Lipinski definition) is 0. The van der Waals surface area contributed by atoms with E-state index in [1.807, 2.05) is 0 Å². The molecule has 0 saturated carbocycles. The Morgan fingerprint density at radius 1 is 1.29 bits per heavy atom. The molecule has 0 N–H and O–H groups in total. The number of nitrogens with zero attached hydrogens (tertiary/aromatic N) is 1. The number of sulfonamides is 1. The summed E-state index contributed by atoms with van der Waals surface area (Å²) in [6.07, 6.45) is 0. The fourth-order valence-electron chi connectivity index (χ4n) is 1.28. The minimum atomic E-state index is -3.67. The summed E-state index contributed by atoms with van der Waals surface area (Å²) in [7, 11) is -3.67. The van der Waals surface area contributed by atoms with Crippen molar-refractivity contribution < 1.29 is 17.5 Å². The van der Waals surface area contributed by atoms with Crippen LogP contribution in [0, 0.1) is 0 Å². The summed E-state index contributed by atoms with van der Waals surface area (Å²) in [6.45, 7) is 4.46. The van der Waals surface area contributed by atoms with Crippen LogP contribution in [0.1, 0.15) is 27.7 Å². The Labute approximate surface area is 114 Å². The van der Waals surface area contributed by atoms with Gasteiger partial charge in [-0.05, 0) is 39.5 Å². The van der Waals surface area contributed by atoms with E-state index >= 15 is 0 Å². The molecular weight excluding hydrogens is 305 g/mol. The fraction of sp³-hybridized carbons (Fsp3) is 1.00. The van der Waals surface area contributed by atoms with E-state index in [0.29, 0.717) is 0 Å². The van der Waals surface area contributed by atoms with Gasteiger partial charge < -0.3 is 9.05 Å². The fourth-order valence-corrected chi connectivity index (χ4v) is 7.85.